The molecule has 0 spiro atoms. The minimum absolute atomic E-state index is 0.147. The number of rotatable bonds is 3. The second kappa shape index (κ2) is 6.29. The molecule has 0 saturated carbocycles. The summed E-state index contributed by atoms with van der Waals surface area (Å²) in [6.45, 7) is 6.71. The van der Waals surface area contributed by atoms with Gasteiger partial charge in [0, 0.05) is 0 Å². The Morgan fingerprint density at radius 1 is 0.609 bits per heavy atom. The minimum atomic E-state index is 0.147. The van der Waals surface area contributed by atoms with Crippen molar-refractivity contribution in [1.29, 1.82) is 0 Å². The number of benzene rings is 3. The van der Waals surface area contributed by atoms with Crippen LogP contribution in [0.5, 0.6) is 11.5 Å². The first-order valence-electron chi connectivity index (χ1n) is 7.96. The van der Waals surface area contributed by atoms with E-state index in [0.29, 0.717) is 0 Å². The SMILES string of the molecule is CC(C)(C)c1cccc(-c2cccc(Oc3ccccc3)c2)c1. The van der Waals surface area contributed by atoms with Crippen molar-refractivity contribution in [2.75, 3.05) is 0 Å². The van der Waals surface area contributed by atoms with Gasteiger partial charge in [-0.2, -0.15) is 0 Å². The van der Waals surface area contributed by atoms with E-state index in [0.717, 1.165) is 11.5 Å². The first-order chi connectivity index (χ1) is 11.0. The van der Waals surface area contributed by atoms with Crippen LogP contribution in [-0.2, 0) is 5.41 Å². The summed E-state index contributed by atoms with van der Waals surface area (Å²) in [6.07, 6.45) is 0. The summed E-state index contributed by atoms with van der Waals surface area (Å²) in [6, 6.07) is 26.8. The fourth-order valence-electron chi connectivity index (χ4n) is 2.53. The van der Waals surface area contributed by atoms with Crippen molar-refractivity contribution in [2.24, 2.45) is 0 Å². The van der Waals surface area contributed by atoms with Gasteiger partial charge in [-0.1, -0.05) is 75.4 Å². The molecule has 116 valence electrons. The molecule has 1 heteroatoms. The summed E-state index contributed by atoms with van der Waals surface area (Å²) in [5, 5.41) is 0. The van der Waals surface area contributed by atoms with E-state index >= 15 is 0 Å². The van der Waals surface area contributed by atoms with Gasteiger partial charge in [0.2, 0.25) is 0 Å². The first kappa shape index (κ1) is 15.4. The summed E-state index contributed by atoms with van der Waals surface area (Å²) in [5.74, 6) is 1.71. The van der Waals surface area contributed by atoms with E-state index in [-0.39, 0.29) is 5.41 Å². The molecule has 0 N–H and O–H groups in total. The van der Waals surface area contributed by atoms with Crippen molar-refractivity contribution < 1.29 is 4.74 Å². The predicted molar refractivity (Wildman–Crippen MR) is 97.1 cm³/mol. The van der Waals surface area contributed by atoms with E-state index in [1.165, 1.54) is 16.7 Å². The molecular formula is C22H22O. The van der Waals surface area contributed by atoms with Crippen LogP contribution in [0.3, 0.4) is 0 Å². The lowest BCUT2D eigenvalue weighted by Gasteiger charge is -2.20. The zero-order chi connectivity index (χ0) is 16.3. The van der Waals surface area contributed by atoms with Crippen molar-refractivity contribution in [1.82, 2.24) is 0 Å². The van der Waals surface area contributed by atoms with Crippen LogP contribution in [0.1, 0.15) is 26.3 Å². The molecule has 0 amide bonds. The van der Waals surface area contributed by atoms with Gasteiger partial charge in [-0.05, 0) is 46.4 Å². The quantitative estimate of drug-likeness (QED) is 0.540. The van der Waals surface area contributed by atoms with Crippen molar-refractivity contribution in [2.45, 2.75) is 26.2 Å². The number of hydrogen-bond donors (Lipinski definition) is 0. The molecule has 0 aliphatic carbocycles. The maximum absolute atomic E-state index is 5.94. The molecule has 3 aromatic carbocycles. The highest BCUT2D eigenvalue weighted by atomic mass is 16.5. The Kier molecular flexibility index (Phi) is 4.20. The van der Waals surface area contributed by atoms with Crippen LogP contribution in [0.2, 0.25) is 0 Å². The number of hydrogen-bond acceptors (Lipinski definition) is 1. The van der Waals surface area contributed by atoms with Crippen LogP contribution in [0.25, 0.3) is 11.1 Å². The number of ether oxygens (including phenoxy) is 1. The van der Waals surface area contributed by atoms with E-state index in [1.54, 1.807) is 0 Å². The molecule has 0 aliphatic rings. The average Bonchev–Trinajstić information content (AvgIpc) is 2.55. The molecule has 23 heavy (non-hydrogen) atoms. The Balaban J connectivity index is 1.91. The molecule has 0 saturated heterocycles. The van der Waals surface area contributed by atoms with Crippen LogP contribution in [-0.4, -0.2) is 0 Å². The van der Waals surface area contributed by atoms with Gasteiger partial charge in [-0.25, -0.2) is 0 Å². The maximum atomic E-state index is 5.94. The molecule has 0 radical (unpaired) electrons. The Labute approximate surface area is 138 Å². The van der Waals surface area contributed by atoms with Crippen molar-refractivity contribution in [3.63, 3.8) is 0 Å². The first-order valence-corrected chi connectivity index (χ1v) is 7.96. The maximum Gasteiger partial charge on any atom is 0.128 e. The summed E-state index contributed by atoms with van der Waals surface area (Å²) < 4.78 is 5.94. The third kappa shape index (κ3) is 3.81. The van der Waals surface area contributed by atoms with E-state index in [2.05, 4.69) is 57.2 Å². The van der Waals surface area contributed by atoms with Crippen LogP contribution in [0, 0.1) is 0 Å². The van der Waals surface area contributed by atoms with Gasteiger partial charge >= 0.3 is 0 Å². The summed E-state index contributed by atoms with van der Waals surface area (Å²) in [5.41, 5.74) is 3.87. The highest BCUT2D eigenvalue weighted by molar-refractivity contribution is 5.66. The molecule has 3 aromatic rings. The van der Waals surface area contributed by atoms with Gasteiger partial charge < -0.3 is 4.74 Å². The summed E-state index contributed by atoms with van der Waals surface area (Å²) in [4.78, 5) is 0. The number of para-hydroxylation sites is 1. The molecule has 0 fully saturated rings. The largest absolute Gasteiger partial charge is 0.457 e. The van der Waals surface area contributed by atoms with Gasteiger partial charge in [0.05, 0.1) is 0 Å². The zero-order valence-electron chi connectivity index (χ0n) is 13.9. The molecule has 0 unspecified atom stereocenters. The van der Waals surface area contributed by atoms with Gasteiger partial charge in [0.1, 0.15) is 11.5 Å². The summed E-state index contributed by atoms with van der Waals surface area (Å²) >= 11 is 0. The Bertz CT molecular complexity index is 782. The highest BCUT2D eigenvalue weighted by Gasteiger charge is 2.14. The third-order valence-electron chi connectivity index (χ3n) is 3.87. The second-order valence-corrected chi connectivity index (χ2v) is 6.77. The van der Waals surface area contributed by atoms with Gasteiger partial charge in [0.25, 0.3) is 0 Å². The van der Waals surface area contributed by atoms with E-state index in [1.807, 2.05) is 42.5 Å². The molecule has 3 rings (SSSR count). The Morgan fingerprint density at radius 3 is 1.91 bits per heavy atom. The Hall–Kier alpha value is -2.54. The molecule has 0 heterocycles. The smallest absolute Gasteiger partial charge is 0.128 e. The molecule has 0 atom stereocenters. The fourth-order valence-corrected chi connectivity index (χ4v) is 2.53. The van der Waals surface area contributed by atoms with Crippen LogP contribution in [0.4, 0.5) is 0 Å². The van der Waals surface area contributed by atoms with Gasteiger partial charge in [-0.3, -0.25) is 0 Å². The van der Waals surface area contributed by atoms with E-state index in [4.69, 9.17) is 4.74 Å². The highest BCUT2D eigenvalue weighted by Crippen LogP contribution is 2.30. The van der Waals surface area contributed by atoms with E-state index < -0.39 is 0 Å². The van der Waals surface area contributed by atoms with Crippen molar-refractivity contribution in [3.05, 3.63) is 84.4 Å². The lowest BCUT2D eigenvalue weighted by Crippen LogP contribution is -2.10. The molecular weight excluding hydrogens is 280 g/mol. The minimum Gasteiger partial charge on any atom is -0.457 e. The lowest BCUT2D eigenvalue weighted by molar-refractivity contribution is 0.483. The predicted octanol–water partition coefficient (Wildman–Crippen LogP) is 6.44. The second-order valence-electron chi connectivity index (χ2n) is 6.77. The van der Waals surface area contributed by atoms with E-state index in [9.17, 15) is 0 Å². The average molecular weight is 302 g/mol. The Morgan fingerprint density at radius 2 is 1.22 bits per heavy atom. The van der Waals surface area contributed by atoms with Crippen molar-refractivity contribution >= 4 is 0 Å². The van der Waals surface area contributed by atoms with Crippen LogP contribution < -0.4 is 4.74 Å². The molecule has 0 aliphatic heterocycles. The lowest BCUT2D eigenvalue weighted by atomic mass is 9.85. The monoisotopic (exact) mass is 302 g/mol. The molecule has 1 nitrogen and oxygen atoms in total. The molecule has 0 aromatic heterocycles. The van der Waals surface area contributed by atoms with Gasteiger partial charge in [-0.15, -0.1) is 0 Å². The molecule has 0 bridgehead atoms. The van der Waals surface area contributed by atoms with Crippen LogP contribution >= 0.6 is 0 Å². The van der Waals surface area contributed by atoms with Crippen molar-refractivity contribution in [3.8, 4) is 22.6 Å². The third-order valence-corrected chi connectivity index (χ3v) is 3.87. The topological polar surface area (TPSA) is 9.23 Å². The fraction of sp³-hybridized carbons (Fsp3) is 0.182. The standard InChI is InChI=1S/C22H22O/c1-22(2,3)19-11-7-9-17(15-19)18-10-8-14-21(16-18)23-20-12-5-4-6-13-20/h4-16H,1-3H3. The normalized spacial score (nSPS) is 11.3. The van der Waals surface area contributed by atoms with Crippen LogP contribution in [0.15, 0.2) is 78.9 Å². The summed E-state index contributed by atoms with van der Waals surface area (Å²) in [7, 11) is 0. The van der Waals surface area contributed by atoms with Gasteiger partial charge in [0.15, 0.2) is 0 Å². The zero-order valence-corrected chi connectivity index (χ0v) is 13.9.